The molecule has 0 aliphatic carbocycles. The van der Waals surface area contributed by atoms with E-state index in [-0.39, 0.29) is 0 Å². The van der Waals surface area contributed by atoms with Gasteiger partial charge in [-0.15, -0.1) is 0 Å². The maximum Gasteiger partial charge on any atom is 0.164 e. The van der Waals surface area contributed by atoms with Gasteiger partial charge in [0.05, 0.1) is 5.69 Å². The Labute approximate surface area is 350 Å². The van der Waals surface area contributed by atoms with Crippen molar-refractivity contribution in [3.8, 4) is 101 Å². The first-order chi connectivity index (χ1) is 29.7. The molecule has 0 spiro atoms. The molecule has 10 rings (SSSR count). The lowest BCUT2D eigenvalue weighted by atomic mass is 9.95. The molecule has 0 fully saturated rings. The molecule has 0 N–H and O–H groups in total. The van der Waals surface area contributed by atoms with E-state index in [2.05, 4.69) is 187 Å². The van der Waals surface area contributed by atoms with E-state index in [1.807, 2.05) is 48.7 Å². The Morgan fingerprint density at radius 2 is 0.500 bits per heavy atom. The molecule has 4 heteroatoms. The quantitative estimate of drug-likeness (QED) is 0.147. The van der Waals surface area contributed by atoms with E-state index in [1.165, 1.54) is 0 Å². The number of hydrogen-bond acceptors (Lipinski definition) is 4. The molecule has 0 saturated heterocycles. The van der Waals surface area contributed by atoms with E-state index in [0.29, 0.717) is 17.5 Å². The van der Waals surface area contributed by atoms with Gasteiger partial charge in [-0.05, 0) is 116 Å². The normalized spacial score (nSPS) is 11.0. The number of nitrogens with zero attached hydrogens (tertiary/aromatic N) is 4. The van der Waals surface area contributed by atoms with Crippen LogP contribution in [0.3, 0.4) is 0 Å². The van der Waals surface area contributed by atoms with E-state index in [0.717, 1.165) is 83.6 Å². The highest BCUT2D eigenvalue weighted by molar-refractivity contribution is 5.83. The molecule has 0 aliphatic heterocycles. The lowest BCUT2D eigenvalue weighted by molar-refractivity contribution is 1.07. The zero-order valence-corrected chi connectivity index (χ0v) is 32.7. The van der Waals surface area contributed by atoms with Gasteiger partial charge in [0.15, 0.2) is 17.5 Å². The van der Waals surface area contributed by atoms with E-state index in [1.54, 1.807) is 0 Å². The number of hydrogen-bond donors (Lipinski definition) is 0. The lowest BCUT2D eigenvalue weighted by Crippen LogP contribution is -2.01. The first-order valence-corrected chi connectivity index (χ1v) is 20.1. The number of rotatable bonds is 9. The first-order valence-electron chi connectivity index (χ1n) is 20.1. The highest BCUT2D eigenvalue weighted by atomic mass is 15.0. The molecule has 4 nitrogen and oxygen atoms in total. The van der Waals surface area contributed by atoms with Crippen LogP contribution in [0.15, 0.2) is 231 Å². The van der Waals surface area contributed by atoms with Gasteiger partial charge in [-0.2, -0.15) is 0 Å². The predicted octanol–water partition coefficient (Wildman–Crippen LogP) is 14.3. The zero-order valence-electron chi connectivity index (χ0n) is 32.7. The average Bonchev–Trinajstić information content (AvgIpc) is 3.35. The average molecular weight is 767 g/mol. The van der Waals surface area contributed by atoms with Gasteiger partial charge in [0.25, 0.3) is 0 Å². The van der Waals surface area contributed by atoms with Crippen molar-refractivity contribution in [1.82, 2.24) is 19.9 Å². The third-order valence-corrected chi connectivity index (χ3v) is 10.7. The fraction of sp³-hybridized carbons (Fsp3) is 0. The molecule has 0 bridgehead atoms. The van der Waals surface area contributed by atoms with Crippen LogP contribution in [0.1, 0.15) is 0 Å². The molecule has 10 aromatic rings. The molecule has 60 heavy (non-hydrogen) atoms. The zero-order chi connectivity index (χ0) is 40.1. The van der Waals surface area contributed by atoms with Crippen molar-refractivity contribution in [3.63, 3.8) is 0 Å². The molecule has 0 saturated carbocycles. The third kappa shape index (κ3) is 7.78. The largest absolute Gasteiger partial charge is 0.256 e. The summed E-state index contributed by atoms with van der Waals surface area (Å²) in [4.78, 5) is 20.5. The summed E-state index contributed by atoms with van der Waals surface area (Å²) >= 11 is 0. The van der Waals surface area contributed by atoms with Crippen molar-refractivity contribution >= 4 is 0 Å². The predicted molar refractivity (Wildman–Crippen MR) is 247 cm³/mol. The summed E-state index contributed by atoms with van der Waals surface area (Å²) in [5, 5.41) is 0. The van der Waals surface area contributed by atoms with Gasteiger partial charge in [0.2, 0.25) is 0 Å². The molecule has 0 amide bonds. The standard InChI is InChI=1S/C56H38N4/c1-5-17-39(18-6-1)47-33-48(40-19-7-2-8-20-40)36-51(35-47)55-58-54(46-28-16-26-44(32-46)43-25-15-27-45(31-43)53-29-13-14-30-57-53)59-56(60-55)52-37-49(41-21-9-3-10-22-41)34-50(38-52)42-23-11-4-12-24-42/h1-38H. The SMILES string of the molecule is c1ccc(-c2cc(-c3ccccc3)cc(-c3nc(-c4cccc(-c5cccc(-c6ccccn6)c5)c4)nc(-c4cc(-c5ccccc5)cc(-c5ccccc5)c4)n3)c2)cc1. The van der Waals surface area contributed by atoms with Crippen LogP contribution in [-0.2, 0) is 0 Å². The van der Waals surface area contributed by atoms with Gasteiger partial charge < -0.3 is 0 Å². The van der Waals surface area contributed by atoms with Gasteiger partial charge in [-0.25, -0.2) is 15.0 Å². The van der Waals surface area contributed by atoms with Crippen LogP contribution in [0, 0.1) is 0 Å². The van der Waals surface area contributed by atoms with Crippen LogP contribution in [0.25, 0.3) is 101 Å². The minimum atomic E-state index is 0.593. The Balaban J connectivity index is 1.18. The second-order valence-corrected chi connectivity index (χ2v) is 14.7. The van der Waals surface area contributed by atoms with Crippen LogP contribution in [-0.4, -0.2) is 19.9 Å². The van der Waals surface area contributed by atoms with Crippen LogP contribution >= 0.6 is 0 Å². The second kappa shape index (κ2) is 16.4. The number of aromatic nitrogens is 4. The van der Waals surface area contributed by atoms with Gasteiger partial charge in [0, 0.05) is 28.5 Å². The minimum Gasteiger partial charge on any atom is -0.256 e. The Morgan fingerprint density at radius 3 is 0.900 bits per heavy atom. The minimum absolute atomic E-state index is 0.593. The van der Waals surface area contributed by atoms with Crippen molar-refractivity contribution in [2.45, 2.75) is 0 Å². The lowest BCUT2D eigenvalue weighted by Gasteiger charge is -2.14. The maximum atomic E-state index is 5.34. The molecule has 0 unspecified atom stereocenters. The van der Waals surface area contributed by atoms with E-state index >= 15 is 0 Å². The van der Waals surface area contributed by atoms with Crippen LogP contribution in [0.5, 0.6) is 0 Å². The highest BCUT2D eigenvalue weighted by Gasteiger charge is 2.17. The van der Waals surface area contributed by atoms with Gasteiger partial charge in [0.1, 0.15) is 0 Å². The summed E-state index contributed by atoms with van der Waals surface area (Å²) in [6.45, 7) is 0. The molecule has 0 aliphatic rings. The molecule has 8 aromatic carbocycles. The first kappa shape index (κ1) is 36.3. The summed E-state index contributed by atoms with van der Waals surface area (Å²) in [6.07, 6.45) is 1.83. The van der Waals surface area contributed by atoms with Crippen molar-refractivity contribution in [3.05, 3.63) is 231 Å². The topological polar surface area (TPSA) is 51.6 Å². The summed E-state index contributed by atoms with van der Waals surface area (Å²) in [5.41, 5.74) is 15.7. The summed E-state index contributed by atoms with van der Waals surface area (Å²) in [6, 6.07) is 78.2. The van der Waals surface area contributed by atoms with Crippen molar-refractivity contribution < 1.29 is 0 Å². The van der Waals surface area contributed by atoms with E-state index < -0.39 is 0 Å². The fourth-order valence-corrected chi connectivity index (χ4v) is 7.70. The molecular weight excluding hydrogens is 729 g/mol. The van der Waals surface area contributed by atoms with Crippen molar-refractivity contribution in [2.75, 3.05) is 0 Å². The highest BCUT2D eigenvalue weighted by Crippen LogP contribution is 2.36. The van der Waals surface area contributed by atoms with Crippen LogP contribution in [0.2, 0.25) is 0 Å². The Kier molecular flexibility index (Phi) is 9.92. The Hall–Kier alpha value is -8.08. The third-order valence-electron chi connectivity index (χ3n) is 10.7. The monoisotopic (exact) mass is 766 g/mol. The van der Waals surface area contributed by atoms with Crippen LogP contribution < -0.4 is 0 Å². The summed E-state index contributed by atoms with van der Waals surface area (Å²) < 4.78 is 0. The molecule has 2 aromatic heterocycles. The van der Waals surface area contributed by atoms with Crippen LogP contribution in [0.4, 0.5) is 0 Å². The van der Waals surface area contributed by atoms with Gasteiger partial charge >= 0.3 is 0 Å². The Bertz CT molecular complexity index is 2800. The fourth-order valence-electron chi connectivity index (χ4n) is 7.70. The molecule has 2 heterocycles. The molecule has 0 atom stereocenters. The molecule has 282 valence electrons. The van der Waals surface area contributed by atoms with Gasteiger partial charge in [-0.3, -0.25) is 4.98 Å². The summed E-state index contributed by atoms with van der Waals surface area (Å²) in [7, 11) is 0. The Morgan fingerprint density at radius 1 is 0.200 bits per heavy atom. The molecule has 0 radical (unpaired) electrons. The van der Waals surface area contributed by atoms with E-state index in [4.69, 9.17) is 15.0 Å². The number of pyridine rings is 1. The van der Waals surface area contributed by atoms with Crippen molar-refractivity contribution in [2.24, 2.45) is 0 Å². The molecular formula is C56H38N4. The smallest absolute Gasteiger partial charge is 0.164 e. The number of benzene rings is 8. The second-order valence-electron chi connectivity index (χ2n) is 14.7. The summed E-state index contributed by atoms with van der Waals surface area (Å²) in [5.74, 6) is 1.79. The van der Waals surface area contributed by atoms with E-state index in [9.17, 15) is 0 Å². The van der Waals surface area contributed by atoms with Crippen molar-refractivity contribution in [1.29, 1.82) is 0 Å². The van der Waals surface area contributed by atoms with Gasteiger partial charge in [-0.1, -0.05) is 164 Å². The maximum absolute atomic E-state index is 5.34.